The van der Waals surface area contributed by atoms with Crippen molar-refractivity contribution in [2.75, 3.05) is 11.5 Å². The van der Waals surface area contributed by atoms with Crippen molar-refractivity contribution >= 4 is 29.6 Å². The van der Waals surface area contributed by atoms with E-state index in [4.69, 9.17) is 18.9 Å². The van der Waals surface area contributed by atoms with Crippen molar-refractivity contribution in [3.8, 4) is 0 Å². The maximum absolute atomic E-state index is 13.1. The van der Waals surface area contributed by atoms with Crippen molar-refractivity contribution in [3.05, 3.63) is 29.3 Å². The molecule has 3 rings (SSSR count). The van der Waals surface area contributed by atoms with Crippen LogP contribution in [0.3, 0.4) is 0 Å². The van der Waals surface area contributed by atoms with E-state index in [2.05, 4.69) is 5.32 Å². The molecule has 0 saturated carbocycles. The summed E-state index contributed by atoms with van der Waals surface area (Å²) in [6.07, 6.45) is -3.81. The molecule has 2 heterocycles. The van der Waals surface area contributed by atoms with E-state index >= 15 is 0 Å². The number of nitrogens with one attached hydrogen (secondary N) is 1. The van der Waals surface area contributed by atoms with Crippen molar-refractivity contribution in [3.63, 3.8) is 0 Å². The van der Waals surface area contributed by atoms with Crippen LogP contribution in [0.25, 0.3) is 0 Å². The van der Waals surface area contributed by atoms with Crippen molar-refractivity contribution in [1.82, 2.24) is 5.32 Å². The van der Waals surface area contributed by atoms with Crippen LogP contribution in [-0.2, 0) is 33.3 Å². The Morgan fingerprint density at radius 1 is 1.12 bits per heavy atom. The molecule has 2 aliphatic rings. The first-order chi connectivity index (χ1) is 15.5. The summed E-state index contributed by atoms with van der Waals surface area (Å²) in [6.45, 7) is 9.36. The smallest absolute Gasteiger partial charge is 0.324 e. The van der Waals surface area contributed by atoms with E-state index in [0.29, 0.717) is 5.69 Å². The average Bonchev–Trinajstić information content (AvgIpc) is 3.19. The third-order valence-corrected chi connectivity index (χ3v) is 5.61. The summed E-state index contributed by atoms with van der Waals surface area (Å²) in [5, 5.41) is 2.85. The molecule has 1 aromatic carbocycles. The number of hydrogen-bond acceptors (Lipinski definition) is 8. The molecule has 0 bridgehead atoms. The number of amides is 2. The van der Waals surface area contributed by atoms with Gasteiger partial charge in [0.05, 0.1) is 5.69 Å². The summed E-state index contributed by atoms with van der Waals surface area (Å²) in [5.74, 6) is -1.64. The van der Waals surface area contributed by atoms with E-state index in [9.17, 15) is 19.2 Å². The Morgan fingerprint density at radius 3 is 2.39 bits per heavy atom. The van der Waals surface area contributed by atoms with E-state index in [1.807, 2.05) is 39.0 Å². The first-order valence-corrected chi connectivity index (χ1v) is 10.8. The molecule has 0 aromatic heterocycles. The second kappa shape index (κ2) is 9.78. The Bertz CT molecular complexity index is 946. The van der Waals surface area contributed by atoms with Crippen molar-refractivity contribution in [2.24, 2.45) is 0 Å². The lowest BCUT2D eigenvalue weighted by atomic mass is 9.97. The number of rotatable bonds is 7. The van der Waals surface area contributed by atoms with Gasteiger partial charge < -0.3 is 24.3 Å². The molecule has 10 heteroatoms. The molecular weight excluding hydrogens is 432 g/mol. The van der Waals surface area contributed by atoms with Crippen molar-refractivity contribution < 1.29 is 38.1 Å². The Kier molecular flexibility index (Phi) is 7.26. The Morgan fingerprint density at radius 2 is 1.82 bits per heavy atom. The Labute approximate surface area is 192 Å². The fraction of sp³-hybridized carbons (Fsp3) is 0.565. The van der Waals surface area contributed by atoms with Crippen molar-refractivity contribution in [2.45, 2.75) is 78.0 Å². The van der Waals surface area contributed by atoms with Crippen LogP contribution in [0.2, 0.25) is 0 Å². The molecule has 0 unspecified atom stereocenters. The van der Waals surface area contributed by atoms with Gasteiger partial charge in [-0.25, -0.2) is 4.79 Å². The van der Waals surface area contributed by atoms with E-state index in [-0.39, 0.29) is 18.6 Å². The van der Waals surface area contributed by atoms with Crippen LogP contribution < -0.4 is 10.2 Å². The number of aryl methyl sites for hydroxylation is 1. The molecule has 2 amide bonds. The second-order valence-electron chi connectivity index (χ2n) is 8.53. The van der Waals surface area contributed by atoms with E-state index in [1.54, 1.807) is 0 Å². The number of carbonyl (C=O) groups excluding carboxylic acids is 4. The molecular formula is C23H30N2O8. The van der Waals surface area contributed by atoms with Crippen LogP contribution in [0.4, 0.5) is 10.5 Å². The van der Waals surface area contributed by atoms with Gasteiger partial charge in [-0.1, -0.05) is 32.0 Å². The van der Waals surface area contributed by atoms with E-state index in [0.717, 1.165) is 11.1 Å². The molecule has 1 N–H and O–H groups in total. The van der Waals surface area contributed by atoms with Gasteiger partial charge in [0.2, 0.25) is 0 Å². The normalized spacial score (nSPS) is 24.8. The van der Waals surface area contributed by atoms with Gasteiger partial charge in [-0.3, -0.25) is 19.3 Å². The fourth-order valence-corrected chi connectivity index (χ4v) is 4.34. The molecule has 0 radical (unpaired) electrons. The Balaban J connectivity index is 2.01. The predicted molar refractivity (Wildman–Crippen MR) is 116 cm³/mol. The predicted octanol–water partition coefficient (Wildman–Crippen LogP) is 2.17. The zero-order valence-corrected chi connectivity index (χ0v) is 19.6. The van der Waals surface area contributed by atoms with Crippen LogP contribution in [0.15, 0.2) is 18.2 Å². The van der Waals surface area contributed by atoms with Crippen LogP contribution in [0.5, 0.6) is 0 Å². The first kappa shape index (κ1) is 24.5. The fourth-order valence-electron chi connectivity index (χ4n) is 4.34. The molecule has 2 saturated heterocycles. The zero-order chi connectivity index (χ0) is 24.4. The molecule has 10 nitrogen and oxygen atoms in total. The molecule has 33 heavy (non-hydrogen) atoms. The number of carbonyl (C=O) groups is 4. The molecule has 1 aromatic rings. The lowest BCUT2D eigenvalue weighted by Crippen LogP contribution is -2.49. The topological polar surface area (TPSA) is 120 Å². The summed E-state index contributed by atoms with van der Waals surface area (Å²) in [7, 11) is 0. The standard InChI is InChI=1S/C23H30N2O8/c1-11(2)16-9-7-8-12(3)19(16)25-22-18(24-23(25)29)21(32-15(6)28)20(33-22)17(31-14(5)27)10-30-13(4)26/h7-9,11,17-18,20-22H,10H2,1-6H3,(H,24,29)/t17-,18-,20-,21-,22+/m1/s1. The molecule has 0 spiro atoms. The minimum atomic E-state index is -1.04. The maximum Gasteiger partial charge on any atom is 0.324 e. The number of esters is 3. The third-order valence-electron chi connectivity index (χ3n) is 5.61. The lowest BCUT2D eigenvalue weighted by molar-refractivity contribution is -0.174. The molecule has 2 aliphatic heterocycles. The van der Waals surface area contributed by atoms with Crippen LogP contribution >= 0.6 is 0 Å². The van der Waals surface area contributed by atoms with Crippen LogP contribution in [0.1, 0.15) is 51.7 Å². The average molecular weight is 462 g/mol. The zero-order valence-electron chi connectivity index (χ0n) is 19.6. The van der Waals surface area contributed by atoms with Gasteiger partial charge in [-0.15, -0.1) is 0 Å². The minimum absolute atomic E-state index is 0.131. The number of ether oxygens (including phenoxy) is 4. The molecule has 0 aliphatic carbocycles. The highest BCUT2D eigenvalue weighted by molar-refractivity contribution is 5.97. The van der Waals surface area contributed by atoms with Gasteiger partial charge in [-0.2, -0.15) is 0 Å². The quantitative estimate of drug-likeness (QED) is 0.484. The van der Waals surface area contributed by atoms with Gasteiger partial charge >= 0.3 is 23.9 Å². The number of anilines is 1. The SMILES string of the molecule is CC(=O)OC[C@@H](OC(C)=O)[C@H]1O[C@H]2[C@H](NC(=O)N2c2c(C)cccc2C(C)C)[C@H]1OC(C)=O. The first-order valence-electron chi connectivity index (χ1n) is 10.8. The highest BCUT2D eigenvalue weighted by Crippen LogP contribution is 2.40. The van der Waals surface area contributed by atoms with Gasteiger partial charge in [0, 0.05) is 20.8 Å². The summed E-state index contributed by atoms with van der Waals surface area (Å²) < 4.78 is 22.1. The van der Waals surface area contributed by atoms with Gasteiger partial charge in [0.1, 0.15) is 18.8 Å². The van der Waals surface area contributed by atoms with Gasteiger partial charge in [0.25, 0.3) is 0 Å². The monoisotopic (exact) mass is 462 g/mol. The molecule has 5 atom stereocenters. The summed E-state index contributed by atoms with van der Waals surface area (Å²) in [5.41, 5.74) is 2.55. The van der Waals surface area contributed by atoms with E-state index in [1.165, 1.54) is 25.7 Å². The molecule has 2 fully saturated rings. The number of fused-ring (bicyclic) bond motifs is 1. The maximum atomic E-state index is 13.1. The van der Waals surface area contributed by atoms with E-state index < -0.39 is 48.5 Å². The highest BCUT2D eigenvalue weighted by atomic mass is 16.6. The van der Waals surface area contributed by atoms with Crippen LogP contribution in [0, 0.1) is 6.92 Å². The third kappa shape index (κ3) is 5.11. The largest absolute Gasteiger partial charge is 0.462 e. The van der Waals surface area contributed by atoms with Crippen molar-refractivity contribution in [1.29, 1.82) is 0 Å². The molecule has 180 valence electrons. The summed E-state index contributed by atoms with van der Waals surface area (Å²) in [6, 6.07) is 4.67. The summed E-state index contributed by atoms with van der Waals surface area (Å²) in [4.78, 5) is 49.5. The van der Waals surface area contributed by atoms with Crippen LogP contribution in [-0.4, -0.2) is 61.1 Å². The number of nitrogens with zero attached hydrogens (tertiary/aromatic N) is 1. The number of para-hydroxylation sites is 1. The number of urea groups is 1. The Hall–Kier alpha value is -3.14. The summed E-state index contributed by atoms with van der Waals surface area (Å²) >= 11 is 0. The minimum Gasteiger partial charge on any atom is -0.462 e. The highest BCUT2D eigenvalue weighted by Gasteiger charge is 2.59. The lowest BCUT2D eigenvalue weighted by Gasteiger charge is -2.30. The second-order valence-corrected chi connectivity index (χ2v) is 8.53. The van der Waals surface area contributed by atoms with Gasteiger partial charge in [0.15, 0.2) is 18.4 Å². The van der Waals surface area contributed by atoms with Gasteiger partial charge in [-0.05, 0) is 24.0 Å². The number of benzene rings is 1. The number of hydrogen-bond donors (Lipinski definition) is 1.